The Morgan fingerprint density at radius 2 is 2.00 bits per heavy atom. The largest absolute Gasteiger partial charge is 0.481 e. The van der Waals surface area contributed by atoms with Gasteiger partial charge in [-0.05, 0) is 0 Å². The SMILES string of the molecule is C=CC(O)CC(O)CC(=O)O.[Na]. The van der Waals surface area contributed by atoms with Crippen LogP contribution in [0.25, 0.3) is 0 Å². The van der Waals surface area contributed by atoms with E-state index in [1.54, 1.807) is 0 Å². The topological polar surface area (TPSA) is 77.8 Å². The third kappa shape index (κ3) is 8.23. The number of hydrogen-bond acceptors (Lipinski definition) is 3. The van der Waals surface area contributed by atoms with Crippen molar-refractivity contribution in [3.63, 3.8) is 0 Å². The molecule has 2 atom stereocenters. The smallest absolute Gasteiger partial charge is 0.305 e. The van der Waals surface area contributed by atoms with E-state index in [1.165, 1.54) is 6.08 Å². The Balaban J connectivity index is 0. The quantitative estimate of drug-likeness (QED) is 0.392. The van der Waals surface area contributed by atoms with E-state index in [1.807, 2.05) is 0 Å². The molecule has 0 rings (SSSR count). The van der Waals surface area contributed by atoms with E-state index in [2.05, 4.69) is 6.58 Å². The summed E-state index contributed by atoms with van der Waals surface area (Å²) < 4.78 is 0. The first-order chi connectivity index (χ1) is 5.06. The van der Waals surface area contributed by atoms with Gasteiger partial charge in [-0.2, -0.15) is 0 Å². The third-order valence-corrected chi connectivity index (χ3v) is 1.20. The number of aliphatic hydroxyl groups excluding tert-OH is 2. The molecule has 0 amide bonds. The fourth-order valence-electron chi connectivity index (χ4n) is 0.660. The van der Waals surface area contributed by atoms with E-state index in [-0.39, 0.29) is 42.4 Å². The Labute approximate surface area is 93.2 Å². The van der Waals surface area contributed by atoms with Crippen molar-refractivity contribution in [2.24, 2.45) is 0 Å². The molecule has 0 aliphatic carbocycles. The number of aliphatic carboxylic acids is 1. The molecule has 0 saturated carbocycles. The van der Waals surface area contributed by atoms with Crippen molar-refractivity contribution >= 4 is 35.5 Å². The van der Waals surface area contributed by atoms with Crippen LogP contribution in [0.15, 0.2) is 12.7 Å². The van der Waals surface area contributed by atoms with E-state index in [0.29, 0.717) is 0 Å². The molecule has 0 aromatic carbocycles. The van der Waals surface area contributed by atoms with Crippen LogP contribution in [0.1, 0.15) is 12.8 Å². The van der Waals surface area contributed by atoms with Gasteiger partial charge < -0.3 is 15.3 Å². The molecule has 1 radical (unpaired) electrons. The van der Waals surface area contributed by atoms with E-state index in [9.17, 15) is 4.79 Å². The zero-order valence-electron chi connectivity index (χ0n) is 7.10. The van der Waals surface area contributed by atoms with Crippen molar-refractivity contribution in [3.05, 3.63) is 12.7 Å². The molecule has 4 nitrogen and oxygen atoms in total. The minimum atomic E-state index is -1.08. The maximum absolute atomic E-state index is 10.0. The van der Waals surface area contributed by atoms with Gasteiger partial charge in [-0.25, -0.2) is 0 Å². The molecule has 0 aromatic heterocycles. The average molecular weight is 183 g/mol. The average Bonchev–Trinajstić information content (AvgIpc) is 1.85. The summed E-state index contributed by atoms with van der Waals surface area (Å²) in [7, 11) is 0. The zero-order chi connectivity index (χ0) is 8.85. The van der Waals surface area contributed by atoms with Crippen LogP contribution in [0.4, 0.5) is 0 Å². The van der Waals surface area contributed by atoms with Crippen LogP contribution in [0.5, 0.6) is 0 Å². The molecule has 0 spiro atoms. The molecule has 0 fully saturated rings. The molecule has 12 heavy (non-hydrogen) atoms. The summed E-state index contributed by atoms with van der Waals surface area (Å²) in [5.41, 5.74) is 0. The van der Waals surface area contributed by atoms with Crippen LogP contribution < -0.4 is 0 Å². The van der Waals surface area contributed by atoms with Gasteiger partial charge in [0.2, 0.25) is 0 Å². The van der Waals surface area contributed by atoms with E-state index < -0.39 is 18.2 Å². The third-order valence-electron chi connectivity index (χ3n) is 1.20. The summed E-state index contributed by atoms with van der Waals surface area (Å²) in [6.45, 7) is 3.28. The Hall–Kier alpha value is 0.130. The molecule has 0 aromatic rings. The predicted molar refractivity (Wildman–Crippen MR) is 44.8 cm³/mol. The van der Waals surface area contributed by atoms with Crippen molar-refractivity contribution in [1.82, 2.24) is 0 Å². The molecule has 0 heterocycles. The van der Waals surface area contributed by atoms with E-state index >= 15 is 0 Å². The first-order valence-corrected chi connectivity index (χ1v) is 3.26. The standard InChI is InChI=1S/C7H12O4.Na/c1-2-5(8)3-6(9)4-7(10)11;/h2,5-6,8-9H,1,3-4H2,(H,10,11);. The van der Waals surface area contributed by atoms with Gasteiger partial charge in [0.1, 0.15) is 0 Å². The first-order valence-electron chi connectivity index (χ1n) is 3.26. The van der Waals surface area contributed by atoms with Gasteiger partial charge in [-0.15, -0.1) is 6.58 Å². The van der Waals surface area contributed by atoms with Crippen molar-refractivity contribution in [2.75, 3.05) is 0 Å². The van der Waals surface area contributed by atoms with Crippen molar-refractivity contribution in [3.8, 4) is 0 Å². The molecular weight excluding hydrogens is 171 g/mol. The van der Waals surface area contributed by atoms with Gasteiger partial charge in [0.25, 0.3) is 0 Å². The summed E-state index contributed by atoms with van der Waals surface area (Å²) in [6, 6.07) is 0. The van der Waals surface area contributed by atoms with E-state index in [4.69, 9.17) is 15.3 Å². The molecule has 0 saturated heterocycles. The second kappa shape index (κ2) is 7.76. The van der Waals surface area contributed by atoms with Crippen LogP contribution in [0.2, 0.25) is 0 Å². The molecule has 0 aliphatic heterocycles. The Morgan fingerprint density at radius 3 is 2.33 bits per heavy atom. The van der Waals surface area contributed by atoms with Crippen LogP contribution in [-0.2, 0) is 4.79 Å². The van der Waals surface area contributed by atoms with Gasteiger partial charge in [0.05, 0.1) is 18.6 Å². The summed E-state index contributed by atoms with van der Waals surface area (Å²) in [5, 5.41) is 26.0. The minimum absolute atomic E-state index is 0. The van der Waals surface area contributed by atoms with Gasteiger partial charge in [-0.3, -0.25) is 4.79 Å². The second-order valence-corrected chi connectivity index (χ2v) is 2.29. The normalized spacial score (nSPS) is 14.2. The Kier molecular flexibility index (Phi) is 9.47. The fourth-order valence-corrected chi connectivity index (χ4v) is 0.660. The summed E-state index contributed by atoms with van der Waals surface area (Å²) >= 11 is 0. The van der Waals surface area contributed by atoms with Crippen molar-refractivity contribution in [1.29, 1.82) is 0 Å². The molecule has 0 bridgehead atoms. The molecule has 5 heteroatoms. The van der Waals surface area contributed by atoms with Gasteiger partial charge in [0.15, 0.2) is 0 Å². The number of carboxylic acid groups (broad SMARTS) is 1. The van der Waals surface area contributed by atoms with Crippen LogP contribution >= 0.6 is 0 Å². The van der Waals surface area contributed by atoms with Crippen molar-refractivity contribution in [2.45, 2.75) is 25.0 Å². The molecular formula is C7H12NaO4. The number of carbonyl (C=O) groups is 1. The van der Waals surface area contributed by atoms with Crippen molar-refractivity contribution < 1.29 is 20.1 Å². The number of hydrogen-bond donors (Lipinski definition) is 3. The van der Waals surface area contributed by atoms with E-state index in [0.717, 1.165) is 0 Å². The molecule has 3 N–H and O–H groups in total. The molecule has 65 valence electrons. The zero-order valence-corrected chi connectivity index (χ0v) is 9.10. The monoisotopic (exact) mass is 183 g/mol. The molecule has 0 aliphatic rings. The van der Waals surface area contributed by atoms with Crippen LogP contribution in [0, 0.1) is 0 Å². The Bertz CT molecular complexity index is 148. The second-order valence-electron chi connectivity index (χ2n) is 2.29. The van der Waals surface area contributed by atoms with Gasteiger partial charge >= 0.3 is 5.97 Å². The van der Waals surface area contributed by atoms with Gasteiger partial charge in [0, 0.05) is 36.0 Å². The van der Waals surface area contributed by atoms with Crippen LogP contribution in [-0.4, -0.2) is 63.1 Å². The number of rotatable bonds is 5. The van der Waals surface area contributed by atoms with Crippen LogP contribution in [0.3, 0.4) is 0 Å². The Morgan fingerprint density at radius 1 is 1.50 bits per heavy atom. The predicted octanol–water partition coefficient (Wildman–Crippen LogP) is -0.622. The summed E-state index contributed by atoms with van der Waals surface area (Å²) in [6.07, 6.45) is -0.893. The minimum Gasteiger partial charge on any atom is -0.481 e. The fraction of sp³-hybridized carbons (Fsp3) is 0.571. The summed E-state index contributed by atoms with van der Waals surface area (Å²) in [5.74, 6) is -1.08. The van der Waals surface area contributed by atoms with Gasteiger partial charge in [-0.1, -0.05) is 6.08 Å². The molecule has 2 unspecified atom stereocenters. The maximum Gasteiger partial charge on any atom is 0.305 e. The summed E-state index contributed by atoms with van der Waals surface area (Å²) in [4.78, 5) is 10.0. The maximum atomic E-state index is 10.0. The first kappa shape index (κ1) is 14.6. The number of carboxylic acids is 1. The number of aliphatic hydroxyl groups is 2.